The predicted octanol–water partition coefficient (Wildman–Crippen LogP) is 2.73. The average Bonchev–Trinajstić information content (AvgIpc) is 3.18. The second kappa shape index (κ2) is 12.6. The number of halogens is 1. The van der Waals surface area contributed by atoms with Crippen LogP contribution in [0.2, 0.25) is 5.02 Å². The van der Waals surface area contributed by atoms with Gasteiger partial charge in [-0.3, -0.25) is 9.79 Å². The van der Waals surface area contributed by atoms with Crippen molar-refractivity contribution in [2.45, 2.75) is 38.7 Å². The van der Waals surface area contributed by atoms with Gasteiger partial charge in [-0.15, -0.1) is 0 Å². The fourth-order valence-corrected chi connectivity index (χ4v) is 3.10. The summed E-state index contributed by atoms with van der Waals surface area (Å²) in [7, 11) is 1.70. The fourth-order valence-electron chi connectivity index (χ4n) is 2.82. The number of aliphatic imine (C=N–C) groups is 1. The molecule has 1 aromatic carbocycles. The van der Waals surface area contributed by atoms with Crippen molar-refractivity contribution in [2.75, 3.05) is 45.3 Å². The molecule has 1 atom stereocenters. The smallest absolute Gasteiger partial charge is 0.226 e. The number of hydrogen-bond donors (Lipinski definition) is 3. The Balaban J connectivity index is 1.54. The van der Waals surface area contributed by atoms with Crippen molar-refractivity contribution < 1.29 is 14.3 Å². The minimum absolute atomic E-state index is 0.101. The van der Waals surface area contributed by atoms with Crippen molar-refractivity contribution in [3.63, 3.8) is 0 Å². The Morgan fingerprint density at radius 3 is 2.89 bits per heavy atom. The molecule has 8 heteroatoms. The van der Waals surface area contributed by atoms with E-state index in [0.29, 0.717) is 42.8 Å². The van der Waals surface area contributed by atoms with Crippen molar-refractivity contribution in [1.82, 2.24) is 10.6 Å². The van der Waals surface area contributed by atoms with Crippen molar-refractivity contribution in [3.8, 4) is 0 Å². The highest BCUT2D eigenvalue weighted by Crippen LogP contribution is 2.22. The number of ether oxygens (including phenoxy) is 2. The molecule has 7 nitrogen and oxygen atoms in total. The third-order valence-electron chi connectivity index (χ3n) is 4.35. The van der Waals surface area contributed by atoms with E-state index in [4.69, 9.17) is 21.1 Å². The van der Waals surface area contributed by atoms with Crippen LogP contribution in [0.3, 0.4) is 0 Å². The molecule has 0 bridgehead atoms. The minimum atomic E-state index is -0.101. The molecular formula is C20H31ClN4O3. The van der Waals surface area contributed by atoms with Crippen LogP contribution in [0.4, 0.5) is 5.69 Å². The molecule has 0 aromatic heterocycles. The molecule has 1 aromatic rings. The molecular weight excluding hydrogens is 380 g/mol. The van der Waals surface area contributed by atoms with Gasteiger partial charge in [-0.2, -0.15) is 0 Å². The third kappa shape index (κ3) is 8.46. The number of aryl methyl sites for hydroxylation is 1. The van der Waals surface area contributed by atoms with Crippen LogP contribution in [0.1, 0.15) is 31.2 Å². The standard InChI is InChI=1S/C20H31ClN4O3/c1-15-6-7-18(17(21)13-15)25-19(26)8-10-24-20(22-2)23-9-4-11-27-14-16-5-3-12-28-16/h6-7,13,16H,3-5,8-12,14H2,1-2H3,(H,25,26)(H2,22,23,24). The SMILES string of the molecule is CN=C(NCCCOCC1CCCO1)NCCC(=O)Nc1ccc(C)cc1Cl. The molecule has 1 unspecified atom stereocenters. The first-order chi connectivity index (χ1) is 13.6. The summed E-state index contributed by atoms with van der Waals surface area (Å²) in [5, 5.41) is 9.70. The number of amides is 1. The molecule has 0 saturated carbocycles. The molecule has 28 heavy (non-hydrogen) atoms. The predicted molar refractivity (Wildman–Crippen MR) is 113 cm³/mol. The maximum absolute atomic E-state index is 12.1. The van der Waals surface area contributed by atoms with E-state index in [2.05, 4.69) is 20.9 Å². The van der Waals surface area contributed by atoms with Gasteiger partial charge in [0.1, 0.15) is 0 Å². The molecule has 1 saturated heterocycles. The summed E-state index contributed by atoms with van der Waals surface area (Å²) in [6.07, 6.45) is 3.69. The van der Waals surface area contributed by atoms with Gasteiger partial charge in [0.15, 0.2) is 5.96 Å². The van der Waals surface area contributed by atoms with Crippen molar-refractivity contribution in [3.05, 3.63) is 28.8 Å². The number of benzene rings is 1. The van der Waals surface area contributed by atoms with Crippen LogP contribution in [0.15, 0.2) is 23.2 Å². The van der Waals surface area contributed by atoms with Crippen LogP contribution in [-0.2, 0) is 14.3 Å². The first kappa shape index (κ1) is 22.5. The van der Waals surface area contributed by atoms with E-state index in [-0.39, 0.29) is 12.0 Å². The number of rotatable bonds is 10. The number of anilines is 1. The lowest BCUT2D eigenvalue weighted by molar-refractivity contribution is -0.116. The van der Waals surface area contributed by atoms with E-state index in [1.165, 1.54) is 0 Å². The molecule has 3 N–H and O–H groups in total. The summed E-state index contributed by atoms with van der Waals surface area (Å²) in [6, 6.07) is 5.55. The number of nitrogens with one attached hydrogen (secondary N) is 3. The van der Waals surface area contributed by atoms with Crippen LogP contribution in [0.25, 0.3) is 0 Å². The zero-order valence-corrected chi connectivity index (χ0v) is 17.5. The van der Waals surface area contributed by atoms with Crippen LogP contribution in [0.5, 0.6) is 0 Å². The molecule has 1 aliphatic rings. The maximum atomic E-state index is 12.1. The Bertz CT molecular complexity index is 648. The normalized spacial score (nSPS) is 16.8. The third-order valence-corrected chi connectivity index (χ3v) is 4.67. The number of hydrogen-bond acceptors (Lipinski definition) is 4. The molecule has 1 heterocycles. The van der Waals surface area contributed by atoms with Crippen molar-refractivity contribution in [2.24, 2.45) is 4.99 Å². The zero-order valence-electron chi connectivity index (χ0n) is 16.7. The van der Waals surface area contributed by atoms with Crippen LogP contribution < -0.4 is 16.0 Å². The van der Waals surface area contributed by atoms with E-state index in [1.807, 2.05) is 25.1 Å². The second-order valence-corrected chi connectivity index (χ2v) is 7.18. The van der Waals surface area contributed by atoms with E-state index in [9.17, 15) is 4.79 Å². The summed E-state index contributed by atoms with van der Waals surface area (Å²) in [5.74, 6) is 0.566. The second-order valence-electron chi connectivity index (χ2n) is 6.77. The number of guanidine groups is 1. The Labute approximate surface area is 172 Å². The summed E-state index contributed by atoms with van der Waals surface area (Å²) >= 11 is 6.13. The van der Waals surface area contributed by atoms with Gasteiger partial charge in [0.05, 0.1) is 23.4 Å². The highest BCUT2D eigenvalue weighted by atomic mass is 35.5. The number of nitrogens with zero attached hydrogens (tertiary/aromatic N) is 1. The summed E-state index contributed by atoms with van der Waals surface area (Å²) in [6.45, 7) is 5.39. The van der Waals surface area contributed by atoms with Gasteiger partial charge in [0.25, 0.3) is 0 Å². The Morgan fingerprint density at radius 2 is 2.18 bits per heavy atom. The molecule has 0 radical (unpaired) electrons. The summed E-state index contributed by atoms with van der Waals surface area (Å²) in [4.78, 5) is 16.2. The van der Waals surface area contributed by atoms with Crippen LogP contribution in [0, 0.1) is 6.92 Å². The lowest BCUT2D eigenvalue weighted by atomic mass is 10.2. The maximum Gasteiger partial charge on any atom is 0.226 e. The molecule has 1 fully saturated rings. The molecule has 1 amide bonds. The number of carbonyl (C=O) groups is 1. The Morgan fingerprint density at radius 1 is 1.36 bits per heavy atom. The van der Waals surface area contributed by atoms with E-state index < -0.39 is 0 Å². The van der Waals surface area contributed by atoms with Gasteiger partial charge in [0.2, 0.25) is 5.91 Å². The van der Waals surface area contributed by atoms with E-state index >= 15 is 0 Å². The minimum Gasteiger partial charge on any atom is -0.379 e. The lowest BCUT2D eigenvalue weighted by Crippen LogP contribution is -2.39. The first-order valence-corrected chi connectivity index (χ1v) is 10.2. The van der Waals surface area contributed by atoms with E-state index in [1.54, 1.807) is 7.05 Å². The Kier molecular flexibility index (Phi) is 10.1. The summed E-state index contributed by atoms with van der Waals surface area (Å²) in [5.41, 5.74) is 1.68. The highest BCUT2D eigenvalue weighted by molar-refractivity contribution is 6.33. The highest BCUT2D eigenvalue weighted by Gasteiger charge is 2.14. The van der Waals surface area contributed by atoms with Gasteiger partial charge in [-0.1, -0.05) is 17.7 Å². The lowest BCUT2D eigenvalue weighted by Gasteiger charge is -2.13. The van der Waals surface area contributed by atoms with Crippen LogP contribution >= 0.6 is 11.6 Å². The first-order valence-electron chi connectivity index (χ1n) is 9.78. The average molecular weight is 411 g/mol. The molecule has 0 aliphatic carbocycles. The van der Waals surface area contributed by atoms with Gasteiger partial charge in [-0.05, 0) is 43.9 Å². The molecule has 0 spiro atoms. The van der Waals surface area contributed by atoms with Gasteiger partial charge in [-0.25, -0.2) is 0 Å². The van der Waals surface area contributed by atoms with Gasteiger partial charge >= 0.3 is 0 Å². The molecule has 1 aliphatic heterocycles. The largest absolute Gasteiger partial charge is 0.379 e. The van der Waals surface area contributed by atoms with Gasteiger partial charge < -0.3 is 25.4 Å². The molecule has 2 rings (SSSR count). The summed E-state index contributed by atoms with van der Waals surface area (Å²) < 4.78 is 11.1. The monoisotopic (exact) mass is 410 g/mol. The zero-order chi connectivity index (χ0) is 20.2. The topological polar surface area (TPSA) is 84.0 Å². The number of carbonyl (C=O) groups excluding carboxylic acids is 1. The quantitative estimate of drug-likeness (QED) is 0.314. The molecule has 156 valence electrons. The fraction of sp³-hybridized carbons (Fsp3) is 0.600. The van der Waals surface area contributed by atoms with E-state index in [0.717, 1.165) is 38.0 Å². The van der Waals surface area contributed by atoms with Crippen molar-refractivity contribution in [1.29, 1.82) is 0 Å². The van der Waals surface area contributed by atoms with Crippen molar-refractivity contribution >= 4 is 29.2 Å². The van der Waals surface area contributed by atoms with Crippen LogP contribution in [-0.4, -0.2) is 57.9 Å². The van der Waals surface area contributed by atoms with Gasteiger partial charge in [0, 0.05) is 39.8 Å². The Hall–Kier alpha value is -1.83.